The van der Waals surface area contributed by atoms with Crippen LogP contribution in [-0.2, 0) is 51.7 Å². The van der Waals surface area contributed by atoms with Crippen LogP contribution in [0.15, 0.2) is 24.3 Å². The second kappa shape index (κ2) is 14.4. The van der Waals surface area contributed by atoms with E-state index in [4.69, 9.17) is 30.5 Å². The number of fused-ring (bicyclic) bond motifs is 2. The van der Waals surface area contributed by atoms with Gasteiger partial charge in [-0.1, -0.05) is 29.7 Å². The van der Waals surface area contributed by atoms with E-state index in [1.807, 2.05) is 16.5 Å². The first-order valence-electron chi connectivity index (χ1n) is 19.1. The number of benzene rings is 2. The Bertz CT molecular complexity index is 1980. The molecular weight excluding hydrogens is 717 g/mol. The molecule has 0 radical (unpaired) electrons. The first-order valence-corrected chi connectivity index (χ1v) is 19.4. The highest BCUT2D eigenvalue weighted by atomic mass is 35.5. The van der Waals surface area contributed by atoms with Crippen LogP contribution in [0.5, 0.6) is 17.2 Å². The molecule has 0 unspecified atom stereocenters. The van der Waals surface area contributed by atoms with Gasteiger partial charge in [-0.15, -0.1) is 5.10 Å². The third kappa shape index (κ3) is 6.56. The number of carbonyl (C=O) groups is 3. The lowest BCUT2D eigenvalue weighted by atomic mass is 9.66. The number of aromatic nitrogens is 3. The minimum Gasteiger partial charge on any atom is -0.497 e. The molecule has 2 saturated carbocycles. The summed E-state index contributed by atoms with van der Waals surface area (Å²) in [6, 6.07) is 5.81. The third-order valence-corrected chi connectivity index (χ3v) is 12.9. The Kier molecular flexibility index (Phi) is 9.72. The Hall–Kier alpha value is -4.39. The minimum absolute atomic E-state index is 0.00172. The second-order valence-corrected chi connectivity index (χ2v) is 16.3. The maximum atomic E-state index is 16.2. The smallest absolute Gasteiger partial charge is 0.312 e. The highest BCUT2D eigenvalue weighted by Crippen LogP contribution is 2.54. The van der Waals surface area contributed by atoms with Crippen molar-refractivity contribution in [2.75, 3.05) is 33.9 Å². The first-order chi connectivity index (χ1) is 26.0. The minimum atomic E-state index is -1.12. The van der Waals surface area contributed by atoms with Crippen LogP contribution < -0.4 is 14.2 Å². The van der Waals surface area contributed by atoms with E-state index in [1.54, 1.807) is 37.3 Å². The summed E-state index contributed by atoms with van der Waals surface area (Å²) in [5.74, 6) is -0.852. The molecular formula is C40H47ClFN5O7. The Morgan fingerprint density at radius 2 is 1.87 bits per heavy atom. The monoisotopic (exact) mass is 763 g/mol. The van der Waals surface area contributed by atoms with Gasteiger partial charge in [0.05, 0.1) is 37.3 Å². The summed E-state index contributed by atoms with van der Waals surface area (Å²) in [7, 11) is 3.11. The molecule has 2 aromatic carbocycles. The van der Waals surface area contributed by atoms with Crippen molar-refractivity contribution >= 4 is 29.4 Å². The Morgan fingerprint density at radius 3 is 2.63 bits per heavy atom. The van der Waals surface area contributed by atoms with Crippen LogP contribution in [0.25, 0.3) is 0 Å². The van der Waals surface area contributed by atoms with Gasteiger partial charge in [0.1, 0.15) is 30.4 Å². The zero-order chi connectivity index (χ0) is 37.8. The Labute approximate surface area is 319 Å². The van der Waals surface area contributed by atoms with Gasteiger partial charge in [-0.25, -0.2) is 9.07 Å². The van der Waals surface area contributed by atoms with Crippen molar-refractivity contribution < 1.29 is 37.7 Å². The summed E-state index contributed by atoms with van der Waals surface area (Å²) in [6.07, 6.45) is 7.07. The number of amides is 2. The molecule has 5 aliphatic rings. The molecule has 3 aromatic rings. The lowest BCUT2D eigenvalue weighted by Crippen LogP contribution is -2.53. The van der Waals surface area contributed by atoms with Gasteiger partial charge >= 0.3 is 5.97 Å². The fourth-order valence-electron chi connectivity index (χ4n) is 9.20. The van der Waals surface area contributed by atoms with Gasteiger partial charge in [0.2, 0.25) is 11.8 Å². The van der Waals surface area contributed by atoms with E-state index in [0.717, 1.165) is 50.8 Å². The van der Waals surface area contributed by atoms with Crippen molar-refractivity contribution in [3.05, 3.63) is 63.2 Å². The number of hydrogen-bond donors (Lipinski definition) is 0. The zero-order valence-electron chi connectivity index (χ0n) is 31.1. The summed E-state index contributed by atoms with van der Waals surface area (Å²) in [4.78, 5) is 46.2. The number of nitrogens with zero attached hydrogens (tertiary/aromatic N) is 5. The molecule has 54 heavy (non-hydrogen) atoms. The standard InChI is InChI=1S/C40H47ClFN5O7/c1-39(38(50)54-21-24-9-10-25(51-2)17-33(24)52-3)12-5-4-7-27(39)37(49)46-16-11-26-28(41)18-29(42)36(53-22-30-31-8-6-15-47(31)44-43-30)35(26)32(46)20-45-23-40(13-14-40)19-34(45)48/h9-10,17-18,27,32H,4-8,11-16,19-23H2,1-3H3/t27-,32+,39-/m0/s1. The normalized spacial score (nSPS) is 24.0. The van der Waals surface area contributed by atoms with E-state index in [9.17, 15) is 9.59 Å². The molecule has 3 fully saturated rings. The fraction of sp³-hybridized carbons (Fsp3) is 0.575. The van der Waals surface area contributed by atoms with E-state index < -0.39 is 29.2 Å². The van der Waals surface area contributed by atoms with E-state index in [1.165, 1.54) is 6.07 Å². The molecule has 1 saturated heterocycles. The highest BCUT2D eigenvalue weighted by Gasteiger charge is 2.54. The number of halogens is 2. The van der Waals surface area contributed by atoms with Crippen LogP contribution in [0.2, 0.25) is 5.02 Å². The Morgan fingerprint density at radius 1 is 1.04 bits per heavy atom. The van der Waals surface area contributed by atoms with Crippen LogP contribution in [0.4, 0.5) is 4.39 Å². The van der Waals surface area contributed by atoms with Gasteiger partial charge in [-0.3, -0.25) is 14.4 Å². The van der Waals surface area contributed by atoms with Crippen molar-refractivity contribution in [3.63, 3.8) is 0 Å². The average Bonchev–Trinajstić information content (AvgIpc) is 3.43. The topological polar surface area (TPSA) is 125 Å². The quantitative estimate of drug-likeness (QED) is 0.217. The molecule has 2 amide bonds. The van der Waals surface area contributed by atoms with Crippen LogP contribution >= 0.6 is 11.6 Å². The lowest BCUT2D eigenvalue weighted by molar-refractivity contribution is -0.169. The van der Waals surface area contributed by atoms with Gasteiger partial charge < -0.3 is 28.7 Å². The molecule has 14 heteroatoms. The summed E-state index contributed by atoms with van der Waals surface area (Å²) >= 11 is 6.77. The summed E-state index contributed by atoms with van der Waals surface area (Å²) in [6.45, 7) is 3.61. The van der Waals surface area contributed by atoms with Crippen molar-refractivity contribution in [1.29, 1.82) is 0 Å². The highest BCUT2D eigenvalue weighted by molar-refractivity contribution is 6.31. The van der Waals surface area contributed by atoms with Crippen molar-refractivity contribution in [2.45, 2.75) is 96.9 Å². The van der Waals surface area contributed by atoms with Crippen LogP contribution in [0.1, 0.15) is 92.4 Å². The molecule has 3 aliphatic heterocycles. The number of ether oxygens (including phenoxy) is 4. The maximum Gasteiger partial charge on any atom is 0.312 e. The number of methoxy groups -OCH3 is 2. The molecule has 1 spiro atoms. The van der Waals surface area contributed by atoms with Crippen LogP contribution in [0, 0.1) is 22.6 Å². The molecule has 0 N–H and O–H groups in total. The van der Waals surface area contributed by atoms with E-state index in [2.05, 4.69) is 10.3 Å². The van der Waals surface area contributed by atoms with Gasteiger partial charge in [-0.05, 0) is 81.0 Å². The van der Waals surface area contributed by atoms with E-state index >= 15 is 9.18 Å². The van der Waals surface area contributed by atoms with E-state index in [0.29, 0.717) is 66.1 Å². The molecule has 4 heterocycles. The van der Waals surface area contributed by atoms with E-state index in [-0.39, 0.29) is 54.3 Å². The second-order valence-electron chi connectivity index (χ2n) is 15.9. The van der Waals surface area contributed by atoms with Gasteiger partial charge in [0, 0.05) is 54.8 Å². The largest absolute Gasteiger partial charge is 0.497 e. The summed E-state index contributed by atoms with van der Waals surface area (Å²) in [5.41, 5.74) is 2.32. The maximum absolute atomic E-state index is 16.2. The molecule has 0 bridgehead atoms. The SMILES string of the molecule is COc1ccc(COC(=O)[C@@]2(C)CCCC[C@H]2C(=O)N2CCc3c(Cl)cc(F)c(OCc4nnn5c4CCC5)c3[C@H]2CN2CC3(CC3)CC2=O)c(OC)c1. The van der Waals surface area contributed by atoms with Crippen molar-refractivity contribution in [2.24, 2.45) is 16.7 Å². The number of likely N-dealkylation sites (tertiary alicyclic amines) is 1. The molecule has 3 atom stereocenters. The third-order valence-electron chi connectivity index (χ3n) is 12.6. The predicted octanol–water partition coefficient (Wildman–Crippen LogP) is 5.99. The fourth-order valence-corrected chi connectivity index (χ4v) is 9.49. The molecule has 288 valence electrons. The predicted molar refractivity (Wildman–Crippen MR) is 195 cm³/mol. The number of rotatable bonds is 11. The Balaban J connectivity index is 1.11. The summed E-state index contributed by atoms with van der Waals surface area (Å²) in [5, 5.41) is 8.78. The number of hydrogen-bond acceptors (Lipinski definition) is 9. The first kappa shape index (κ1) is 36.6. The number of aryl methyl sites for hydroxylation is 1. The summed E-state index contributed by atoms with van der Waals surface area (Å²) < 4.78 is 41.1. The average molecular weight is 764 g/mol. The lowest BCUT2D eigenvalue weighted by Gasteiger charge is -2.45. The molecule has 12 nitrogen and oxygen atoms in total. The van der Waals surface area contributed by atoms with Gasteiger partial charge in [0.15, 0.2) is 11.6 Å². The molecule has 8 rings (SSSR count). The number of esters is 1. The molecule has 2 aliphatic carbocycles. The van der Waals surface area contributed by atoms with Crippen LogP contribution in [-0.4, -0.2) is 76.4 Å². The van der Waals surface area contributed by atoms with Crippen LogP contribution in [0.3, 0.4) is 0 Å². The van der Waals surface area contributed by atoms with Gasteiger partial charge in [0.25, 0.3) is 0 Å². The van der Waals surface area contributed by atoms with Crippen molar-refractivity contribution in [1.82, 2.24) is 24.8 Å². The number of carbonyl (C=O) groups excluding carboxylic acids is 3. The van der Waals surface area contributed by atoms with Gasteiger partial charge in [-0.2, -0.15) is 0 Å². The zero-order valence-corrected chi connectivity index (χ0v) is 31.9. The van der Waals surface area contributed by atoms with Crippen molar-refractivity contribution in [3.8, 4) is 17.2 Å². The molecule has 1 aromatic heterocycles.